The zero-order valence-corrected chi connectivity index (χ0v) is 14.5. The van der Waals surface area contributed by atoms with Gasteiger partial charge in [0.2, 0.25) is 0 Å². The van der Waals surface area contributed by atoms with Gasteiger partial charge in [0.05, 0.1) is 0 Å². The second kappa shape index (κ2) is 6.92. The number of hydrogen-bond donors (Lipinski definition) is 2. The van der Waals surface area contributed by atoms with Gasteiger partial charge in [-0.25, -0.2) is 4.79 Å². The SMILES string of the molecule is O=C(c1cc(=O)[nH]c(=O)[nH]1)N1CCN([C@H]2CCc3ccccc3C2)CC1. The van der Waals surface area contributed by atoms with E-state index in [9.17, 15) is 14.4 Å². The van der Waals surface area contributed by atoms with Crippen LogP contribution in [0.5, 0.6) is 0 Å². The number of hydrogen-bond acceptors (Lipinski definition) is 4. The van der Waals surface area contributed by atoms with E-state index in [1.165, 1.54) is 11.1 Å². The van der Waals surface area contributed by atoms with Gasteiger partial charge in [-0.3, -0.25) is 19.5 Å². The normalized spacial score (nSPS) is 20.6. The standard InChI is InChI=1S/C19H22N4O3/c24-17-12-16(20-19(26)21-17)18(25)23-9-7-22(8-10-23)15-6-5-13-3-1-2-4-14(13)11-15/h1-4,12,15H,5-11H2,(H2,20,21,24,26)/t15-/m0/s1. The number of nitrogens with zero attached hydrogens (tertiary/aromatic N) is 2. The van der Waals surface area contributed by atoms with Crippen molar-refractivity contribution in [3.05, 3.63) is 68.0 Å². The first-order valence-corrected chi connectivity index (χ1v) is 9.04. The van der Waals surface area contributed by atoms with Crippen molar-refractivity contribution in [2.45, 2.75) is 25.3 Å². The summed E-state index contributed by atoms with van der Waals surface area (Å²) in [6.07, 6.45) is 3.31. The molecule has 1 aromatic heterocycles. The third kappa shape index (κ3) is 3.35. The maximum absolute atomic E-state index is 12.5. The van der Waals surface area contributed by atoms with Gasteiger partial charge in [0.1, 0.15) is 5.69 Å². The van der Waals surface area contributed by atoms with Crippen LogP contribution in [-0.2, 0) is 12.8 Å². The van der Waals surface area contributed by atoms with Crippen LogP contribution in [0.15, 0.2) is 39.9 Å². The molecule has 1 amide bonds. The summed E-state index contributed by atoms with van der Waals surface area (Å²) >= 11 is 0. The van der Waals surface area contributed by atoms with Gasteiger partial charge in [0.15, 0.2) is 0 Å². The lowest BCUT2D eigenvalue weighted by molar-refractivity contribution is 0.0547. The Morgan fingerprint density at radius 3 is 2.46 bits per heavy atom. The summed E-state index contributed by atoms with van der Waals surface area (Å²) in [4.78, 5) is 44.0. The zero-order chi connectivity index (χ0) is 18.1. The van der Waals surface area contributed by atoms with Crippen LogP contribution in [0.4, 0.5) is 0 Å². The molecule has 4 rings (SSSR count). The number of aromatic nitrogens is 2. The fourth-order valence-corrected chi connectivity index (χ4v) is 4.03. The summed E-state index contributed by atoms with van der Waals surface area (Å²) in [5.41, 5.74) is 1.73. The summed E-state index contributed by atoms with van der Waals surface area (Å²) in [6.45, 7) is 2.83. The fourth-order valence-electron chi connectivity index (χ4n) is 4.03. The van der Waals surface area contributed by atoms with Crippen molar-refractivity contribution in [2.75, 3.05) is 26.2 Å². The second-order valence-electron chi connectivity index (χ2n) is 6.99. The van der Waals surface area contributed by atoms with Gasteiger partial charge in [-0.2, -0.15) is 0 Å². The van der Waals surface area contributed by atoms with Crippen molar-refractivity contribution in [3.63, 3.8) is 0 Å². The average molecular weight is 354 g/mol. The molecular formula is C19H22N4O3. The van der Waals surface area contributed by atoms with Crippen LogP contribution >= 0.6 is 0 Å². The molecule has 0 saturated carbocycles. The Labute approximate surface area is 150 Å². The van der Waals surface area contributed by atoms with E-state index in [4.69, 9.17) is 0 Å². The van der Waals surface area contributed by atoms with Gasteiger partial charge in [-0.15, -0.1) is 0 Å². The molecule has 1 saturated heterocycles. The lowest BCUT2D eigenvalue weighted by Crippen LogP contribution is -2.53. The van der Waals surface area contributed by atoms with E-state index in [1.54, 1.807) is 4.90 Å². The highest BCUT2D eigenvalue weighted by molar-refractivity contribution is 5.92. The van der Waals surface area contributed by atoms with Crippen LogP contribution < -0.4 is 11.2 Å². The molecule has 2 aromatic rings. The molecule has 2 N–H and O–H groups in total. The molecular weight excluding hydrogens is 332 g/mol. The summed E-state index contributed by atoms with van der Waals surface area (Å²) in [5.74, 6) is -0.290. The number of rotatable bonds is 2. The Kier molecular flexibility index (Phi) is 4.46. The first-order valence-electron chi connectivity index (χ1n) is 9.04. The van der Waals surface area contributed by atoms with Crippen LogP contribution in [0.3, 0.4) is 0 Å². The maximum Gasteiger partial charge on any atom is 0.326 e. The Hall–Kier alpha value is -2.67. The van der Waals surface area contributed by atoms with Crippen LogP contribution in [0.25, 0.3) is 0 Å². The van der Waals surface area contributed by atoms with E-state index < -0.39 is 11.2 Å². The van der Waals surface area contributed by atoms with Gasteiger partial charge in [-0.05, 0) is 30.4 Å². The van der Waals surface area contributed by atoms with Crippen molar-refractivity contribution >= 4 is 5.91 Å². The second-order valence-corrected chi connectivity index (χ2v) is 6.99. The number of amides is 1. The predicted molar refractivity (Wildman–Crippen MR) is 97.4 cm³/mol. The van der Waals surface area contributed by atoms with Crippen molar-refractivity contribution in [1.82, 2.24) is 19.8 Å². The molecule has 0 unspecified atom stereocenters. The third-order valence-electron chi connectivity index (χ3n) is 5.43. The molecule has 1 fully saturated rings. The minimum atomic E-state index is -0.652. The third-order valence-corrected chi connectivity index (χ3v) is 5.43. The van der Waals surface area contributed by atoms with Crippen LogP contribution in [0.1, 0.15) is 28.0 Å². The maximum atomic E-state index is 12.5. The van der Waals surface area contributed by atoms with Crippen LogP contribution in [0.2, 0.25) is 0 Å². The van der Waals surface area contributed by atoms with E-state index in [0.717, 1.165) is 38.4 Å². The van der Waals surface area contributed by atoms with Gasteiger partial charge in [0.25, 0.3) is 11.5 Å². The first-order chi connectivity index (χ1) is 12.6. The molecule has 0 bridgehead atoms. The molecule has 1 atom stereocenters. The van der Waals surface area contributed by atoms with Crippen LogP contribution in [-0.4, -0.2) is 57.9 Å². The molecule has 1 aliphatic heterocycles. The highest BCUT2D eigenvalue weighted by atomic mass is 16.2. The summed E-state index contributed by atoms with van der Waals surface area (Å²) in [5, 5.41) is 0. The molecule has 7 heteroatoms. The van der Waals surface area contributed by atoms with Crippen LogP contribution in [0, 0.1) is 0 Å². The van der Waals surface area contributed by atoms with Crippen molar-refractivity contribution in [2.24, 2.45) is 0 Å². The number of piperazine rings is 1. The van der Waals surface area contributed by atoms with Gasteiger partial charge in [0, 0.05) is 38.3 Å². The number of fused-ring (bicyclic) bond motifs is 1. The van der Waals surface area contributed by atoms with Gasteiger partial charge < -0.3 is 9.88 Å². The lowest BCUT2D eigenvalue weighted by Gasteiger charge is -2.41. The van der Waals surface area contributed by atoms with Crippen molar-refractivity contribution < 1.29 is 4.79 Å². The summed E-state index contributed by atoms with van der Waals surface area (Å²) in [6, 6.07) is 10.3. The van der Waals surface area contributed by atoms with E-state index in [2.05, 4.69) is 39.1 Å². The molecule has 26 heavy (non-hydrogen) atoms. The van der Waals surface area contributed by atoms with Crippen molar-refractivity contribution in [1.29, 1.82) is 0 Å². The van der Waals surface area contributed by atoms with Gasteiger partial charge >= 0.3 is 5.69 Å². The Bertz CT molecular complexity index is 896. The lowest BCUT2D eigenvalue weighted by atomic mass is 9.87. The number of H-pyrrole nitrogens is 2. The molecule has 2 heterocycles. The number of nitrogens with one attached hydrogen (secondary N) is 2. The van der Waals surface area contributed by atoms with E-state index in [1.807, 2.05) is 0 Å². The highest BCUT2D eigenvalue weighted by Gasteiger charge is 2.29. The molecule has 1 aliphatic carbocycles. The number of carbonyl (C=O) groups is 1. The summed E-state index contributed by atoms with van der Waals surface area (Å²) < 4.78 is 0. The largest absolute Gasteiger partial charge is 0.335 e. The molecule has 0 radical (unpaired) electrons. The zero-order valence-electron chi connectivity index (χ0n) is 14.5. The molecule has 0 spiro atoms. The quantitative estimate of drug-likeness (QED) is 0.816. The van der Waals surface area contributed by atoms with Crippen molar-refractivity contribution in [3.8, 4) is 0 Å². The van der Waals surface area contributed by atoms with E-state index >= 15 is 0 Å². The van der Waals surface area contributed by atoms with E-state index in [0.29, 0.717) is 19.1 Å². The topological polar surface area (TPSA) is 89.3 Å². The fraction of sp³-hybridized carbons (Fsp3) is 0.421. The highest BCUT2D eigenvalue weighted by Crippen LogP contribution is 2.25. The Balaban J connectivity index is 1.39. The number of carbonyl (C=O) groups excluding carboxylic acids is 1. The average Bonchev–Trinajstić information content (AvgIpc) is 2.66. The van der Waals surface area contributed by atoms with Gasteiger partial charge in [-0.1, -0.05) is 24.3 Å². The summed E-state index contributed by atoms with van der Waals surface area (Å²) in [7, 11) is 0. The molecule has 7 nitrogen and oxygen atoms in total. The molecule has 136 valence electrons. The number of aryl methyl sites for hydroxylation is 1. The van der Waals surface area contributed by atoms with E-state index in [-0.39, 0.29) is 11.6 Å². The first kappa shape index (κ1) is 16.8. The Morgan fingerprint density at radius 1 is 1.00 bits per heavy atom. The predicted octanol–water partition coefficient (Wildman–Crippen LogP) is 0.379. The minimum Gasteiger partial charge on any atom is -0.335 e. The Morgan fingerprint density at radius 2 is 1.73 bits per heavy atom. The molecule has 1 aromatic carbocycles. The monoisotopic (exact) mass is 354 g/mol. The molecule has 2 aliphatic rings. The number of benzene rings is 1. The number of aromatic amines is 2. The smallest absolute Gasteiger partial charge is 0.326 e. The minimum absolute atomic E-state index is 0.0544.